The van der Waals surface area contributed by atoms with Crippen LogP contribution in [-0.4, -0.2) is 5.78 Å². The van der Waals surface area contributed by atoms with Gasteiger partial charge in [0.25, 0.3) is 0 Å². The molecule has 0 aliphatic carbocycles. The molecule has 0 aromatic heterocycles. The monoisotopic (exact) mass is 238 g/mol. The van der Waals surface area contributed by atoms with E-state index < -0.39 is 11.7 Å². The van der Waals surface area contributed by atoms with Crippen LogP contribution in [-0.2, 0) is 0 Å². The first-order chi connectivity index (χ1) is 7.08. The predicted octanol–water partition coefficient (Wildman–Crippen LogP) is 2.84. The number of ketones is 1. The molecule has 74 valence electrons. The Bertz CT molecular complexity index is 451. The van der Waals surface area contributed by atoms with E-state index in [4.69, 9.17) is 33.7 Å². The van der Waals surface area contributed by atoms with Crippen molar-refractivity contribution in [1.82, 2.24) is 0 Å². The molecule has 1 rings (SSSR count). The van der Waals surface area contributed by atoms with E-state index >= 15 is 0 Å². The van der Waals surface area contributed by atoms with E-state index in [9.17, 15) is 4.79 Å². The second-order valence-corrected chi connectivity index (χ2v) is 3.59. The minimum Gasteiger partial charge on any atom is -0.291 e. The van der Waals surface area contributed by atoms with Gasteiger partial charge >= 0.3 is 0 Å². The Morgan fingerprint density at radius 1 is 1.13 bits per heavy atom. The van der Waals surface area contributed by atoms with Gasteiger partial charge in [0.05, 0.1) is 12.1 Å². The van der Waals surface area contributed by atoms with Gasteiger partial charge < -0.3 is 0 Å². The Hall–Kier alpha value is -1.55. The quantitative estimate of drug-likeness (QED) is 0.745. The van der Waals surface area contributed by atoms with Crippen molar-refractivity contribution in [3.05, 3.63) is 33.8 Å². The van der Waals surface area contributed by atoms with Crippen LogP contribution in [0, 0.1) is 28.6 Å². The number of carbonyl (C=O) groups excluding carboxylic acids is 1. The van der Waals surface area contributed by atoms with Gasteiger partial charge in [-0.25, -0.2) is 0 Å². The number of rotatable bonds is 2. The molecule has 15 heavy (non-hydrogen) atoms. The van der Waals surface area contributed by atoms with Crippen LogP contribution in [0.1, 0.15) is 10.4 Å². The molecule has 0 amide bonds. The first-order valence-electron chi connectivity index (χ1n) is 3.88. The maximum absolute atomic E-state index is 11.5. The van der Waals surface area contributed by atoms with Crippen LogP contribution >= 0.6 is 23.2 Å². The van der Waals surface area contributed by atoms with Crippen LogP contribution < -0.4 is 0 Å². The highest BCUT2D eigenvalue weighted by Crippen LogP contribution is 2.20. The van der Waals surface area contributed by atoms with E-state index in [0.717, 1.165) is 0 Å². The lowest BCUT2D eigenvalue weighted by Crippen LogP contribution is -2.10. The van der Waals surface area contributed by atoms with E-state index in [1.165, 1.54) is 18.2 Å². The fraction of sp³-hybridized carbons (Fsp3) is 0.100. The van der Waals surface area contributed by atoms with Gasteiger partial charge in [-0.2, -0.15) is 10.5 Å². The summed E-state index contributed by atoms with van der Waals surface area (Å²) in [6.07, 6.45) is 0. The molecular weight excluding hydrogens is 235 g/mol. The zero-order chi connectivity index (χ0) is 11.4. The largest absolute Gasteiger partial charge is 0.291 e. The normalized spacial score (nSPS) is 9.40. The van der Waals surface area contributed by atoms with Crippen LogP contribution in [0.5, 0.6) is 0 Å². The van der Waals surface area contributed by atoms with Crippen LogP contribution in [0.25, 0.3) is 0 Å². The summed E-state index contributed by atoms with van der Waals surface area (Å²) in [7, 11) is 0. The molecule has 0 radical (unpaired) electrons. The maximum atomic E-state index is 11.5. The van der Waals surface area contributed by atoms with Crippen molar-refractivity contribution < 1.29 is 4.79 Å². The standard InChI is InChI=1S/C10H4Cl2N2O/c11-8-1-6(2-9(12)3-8)10(15)7(4-13)5-14/h1-3,7H. The lowest BCUT2D eigenvalue weighted by atomic mass is 10.0. The molecule has 0 aliphatic heterocycles. The minimum absolute atomic E-state index is 0.167. The van der Waals surface area contributed by atoms with Gasteiger partial charge in [0, 0.05) is 15.6 Å². The molecule has 0 heterocycles. The second kappa shape index (κ2) is 4.79. The van der Waals surface area contributed by atoms with Crippen LogP contribution in [0.15, 0.2) is 18.2 Å². The Balaban J connectivity index is 3.14. The molecule has 0 fully saturated rings. The molecule has 0 saturated heterocycles. The third-order valence-corrected chi connectivity index (χ3v) is 2.10. The first kappa shape index (κ1) is 11.5. The third kappa shape index (κ3) is 2.70. The maximum Gasteiger partial charge on any atom is 0.195 e. The van der Waals surface area contributed by atoms with Crippen LogP contribution in [0.4, 0.5) is 0 Å². The van der Waals surface area contributed by atoms with E-state index in [1.807, 2.05) is 0 Å². The Kier molecular flexibility index (Phi) is 3.68. The molecule has 0 spiro atoms. The summed E-state index contributed by atoms with van der Waals surface area (Å²) in [6.45, 7) is 0. The molecule has 3 nitrogen and oxygen atoms in total. The third-order valence-electron chi connectivity index (χ3n) is 1.67. The molecule has 0 unspecified atom stereocenters. The van der Waals surface area contributed by atoms with Crippen molar-refractivity contribution in [2.75, 3.05) is 0 Å². The van der Waals surface area contributed by atoms with E-state index in [2.05, 4.69) is 0 Å². The number of hydrogen-bond acceptors (Lipinski definition) is 3. The van der Waals surface area contributed by atoms with Crippen LogP contribution in [0.2, 0.25) is 10.0 Å². The molecule has 1 aromatic carbocycles. The zero-order valence-corrected chi connectivity index (χ0v) is 8.88. The average Bonchev–Trinajstić information content (AvgIpc) is 2.18. The summed E-state index contributed by atoms with van der Waals surface area (Å²) < 4.78 is 0. The highest BCUT2D eigenvalue weighted by atomic mass is 35.5. The SMILES string of the molecule is N#CC(C#N)C(=O)c1cc(Cl)cc(Cl)c1. The van der Waals surface area contributed by atoms with E-state index in [1.54, 1.807) is 12.1 Å². The first-order valence-corrected chi connectivity index (χ1v) is 4.63. The average molecular weight is 239 g/mol. The van der Waals surface area contributed by atoms with Crippen molar-refractivity contribution in [3.8, 4) is 12.1 Å². The van der Waals surface area contributed by atoms with Gasteiger partial charge in [0.15, 0.2) is 11.7 Å². The summed E-state index contributed by atoms with van der Waals surface area (Å²) in [4.78, 5) is 11.5. The highest BCUT2D eigenvalue weighted by molar-refractivity contribution is 6.35. The Morgan fingerprint density at radius 2 is 1.60 bits per heavy atom. The van der Waals surface area contributed by atoms with Gasteiger partial charge in [-0.05, 0) is 18.2 Å². The Labute approximate surface area is 96.4 Å². The smallest absolute Gasteiger partial charge is 0.195 e. The summed E-state index contributed by atoms with van der Waals surface area (Å²) in [5.74, 6) is -1.91. The summed E-state index contributed by atoms with van der Waals surface area (Å²) >= 11 is 11.4. The second-order valence-electron chi connectivity index (χ2n) is 2.71. The van der Waals surface area contributed by atoms with Crippen molar-refractivity contribution in [2.24, 2.45) is 5.92 Å². The fourth-order valence-corrected chi connectivity index (χ4v) is 1.53. The number of carbonyl (C=O) groups is 1. The zero-order valence-electron chi connectivity index (χ0n) is 7.37. The molecule has 5 heteroatoms. The van der Waals surface area contributed by atoms with E-state index in [0.29, 0.717) is 10.0 Å². The van der Waals surface area contributed by atoms with Crippen molar-refractivity contribution in [3.63, 3.8) is 0 Å². The minimum atomic E-state index is -1.32. The molecule has 0 atom stereocenters. The summed E-state index contributed by atoms with van der Waals surface area (Å²) in [5.41, 5.74) is 0.167. The van der Waals surface area contributed by atoms with E-state index in [-0.39, 0.29) is 5.56 Å². The molecule has 0 aliphatic rings. The number of hydrogen-bond donors (Lipinski definition) is 0. The number of halogens is 2. The number of nitrogens with zero attached hydrogens (tertiary/aromatic N) is 2. The van der Waals surface area contributed by atoms with Gasteiger partial charge in [-0.3, -0.25) is 4.79 Å². The number of Topliss-reactive ketones (excluding diaryl/α,β-unsaturated/α-hetero) is 1. The predicted molar refractivity (Wildman–Crippen MR) is 55.5 cm³/mol. The lowest BCUT2D eigenvalue weighted by molar-refractivity contribution is 0.0971. The van der Waals surface area contributed by atoms with Crippen molar-refractivity contribution >= 4 is 29.0 Å². The fourth-order valence-electron chi connectivity index (χ4n) is 1.01. The van der Waals surface area contributed by atoms with Gasteiger partial charge in [0.1, 0.15) is 0 Å². The van der Waals surface area contributed by atoms with Gasteiger partial charge in [-0.1, -0.05) is 23.2 Å². The van der Waals surface area contributed by atoms with Crippen molar-refractivity contribution in [1.29, 1.82) is 10.5 Å². The molecule has 1 aromatic rings. The topological polar surface area (TPSA) is 64.7 Å². The van der Waals surface area contributed by atoms with Gasteiger partial charge in [-0.15, -0.1) is 0 Å². The molecule has 0 saturated carbocycles. The Morgan fingerprint density at radius 3 is 2.00 bits per heavy atom. The lowest BCUT2D eigenvalue weighted by Gasteiger charge is -2.01. The summed E-state index contributed by atoms with van der Waals surface area (Å²) in [6, 6.07) is 7.40. The molecular formula is C10H4Cl2N2O. The number of benzene rings is 1. The van der Waals surface area contributed by atoms with Gasteiger partial charge in [0.2, 0.25) is 0 Å². The molecule has 0 N–H and O–H groups in total. The highest BCUT2D eigenvalue weighted by Gasteiger charge is 2.19. The summed E-state index contributed by atoms with van der Waals surface area (Å²) in [5, 5.41) is 17.7. The van der Waals surface area contributed by atoms with Crippen LogP contribution in [0.3, 0.4) is 0 Å². The number of nitriles is 2. The van der Waals surface area contributed by atoms with Crippen molar-refractivity contribution in [2.45, 2.75) is 0 Å². The molecule has 0 bridgehead atoms.